The third kappa shape index (κ3) is 18.4. The van der Waals surface area contributed by atoms with Crippen molar-refractivity contribution >= 4 is 23.6 Å². The Morgan fingerprint density at radius 1 is 0.280 bits per heavy atom. The average Bonchev–Trinajstić information content (AvgIpc) is 0.773. The largest absolute Gasteiger partial charge is 0.394 e. The van der Waals surface area contributed by atoms with Crippen molar-refractivity contribution in [2.24, 2.45) is 0 Å². The highest BCUT2D eigenvalue weighted by Gasteiger charge is 2.59. The topological polar surface area (TPSA) is 680 Å². The van der Waals surface area contributed by atoms with E-state index in [1.54, 1.807) is 0 Å². The Balaban J connectivity index is 1.11. The number of aliphatic hydroxyl groups is 21. The molecule has 0 saturated carbocycles. The second-order valence-corrected chi connectivity index (χ2v) is 25.4. The van der Waals surface area contributed by atoms with E-state index >= 15 is 0 Å². The smallest absolute Gasteiger partial charge is 0.217 e. The quantitative estimate of drug-likeness (QED) is 0.0404. The highest BCUT2D eigenvalue weighted by atomic mass is 16.8. The Kier molecular flexibility index (Phi) is 29.3. The van der Waals surface area contributed by atoms with Gasteiger partial charge in [-0.1, -0.05) is 0 Å². The van der Waals surface area contributed by atoms with Crippen LogP contribution in [0, 0.1) is 0 Å². The fraction of sp³-hybridized carbons (Fsp3) is 0.929. The summed E-state index contributed by atoms with van der Waals surface area (Å²) in [6.45, 7) is -1.57. The molecule has 578 valence electrons. The van der Waals surface area contributed by atoms with Crippen LogP contribution in [0.3, 0.4) is 0 Å². The van der Waals surface area contributed by atoms with Crippen LogP contribution < -0.4 is 21.3 Å². The van der Waals surface area contributed by atoms with Crippen molar-refractivity contribution in [3.63, 3.8) is 0 Å². The normalized spacial score (nSPS) is 48.7. The lowest BCUT2D eigenvalue weighted by molar-refractivity contribution is -0.388. The summed E-state index contributed by atoms with van der Waals surface area (Å²) in [6, 6.07) is -6.93. The number of hydrogen-bond acceptors (Lipinski definition) is 40. The molecule has 4 amide bonds. The van der Waals surface area contributed by atoms with Gasteiger partial charge in [-0.25, -0.2) is 0 Å². The summed E-state index contributed by atoms with van der Waals surface area (Å²) in [5.74, 6) is -3.34. The third-order valence-corrected chi connectivity index (χ3v) is 18.2. The van der Waals surface area contributed by atoms with E-state index in [4.69, 9.17) is 71.1 Å². The summed E-state index contributed by atoms with van der Waals surface area (Å²) in [5, 5.41) is 241. The molecular weight excluding hydrogens is 1370 g/mol. The molecule has 44 heteroatoms. The minimum absolute atomic E-state index is 0.766. The molecule has 0 bridgehead atoms. The number of rotatable bonds is 25. The molecule has 0 unspecified atom stereocenters. The van der Waals surface area contributed by atoms with E-state index in [0.29, 0.717) is 0 Å². The number of hydrogen-bond donors (Lipinski definition) is 25. The van der Waals surface area contributed by atoms with Gasteiger partial charge in [0.1, 0.15) is 189 Å². The van der Waals surface area contributed by atoms with Crippen LogP contribution in [0.4, 0.5) is 0 Å². The lowest BCUT2D eigenvalue weighted by Gasteiger charge is -2.50. The van der Waals surface area contributed by atoms with Gasteiger partial charge in [-0.15, -0.1) is 0 Å². The minimum Gasteiger partial charge on any atom is -0.394 e. The van der Waals surface area contributed by atoms with E-state index in [0.717, 1.165) is 27.7 Å². The first-order valence-electron chi connectivity index (χ1n) is 32.0. The van der Waals surface area contributed by atoms with Gasteiger partial charge in [0.2, 0.25) is 23.6 Å². The van der Waals surface area contributed by atoms with Crippen molar-refractivity contribution in [1.29, 1.82) is 0 Å². The molecule has 8 aliphatic rings. The summed E-state index contributed by atoms with van der Waals surface area (Å²) in [5.41, 5.74) is 0. The summed E-state index contributed by atoms with van der Waals surface area (Å²) in [7, 11) is 0. The Bertz CT molecular complexity index is 2620. The molecular formula is C56H94N4O40. The van der Waals surface area contributed by atoms with Crippen LogP contribution in [-0.4, -0.2) is 423 Å². The predicted octanol–water partition coefficient (Wildman–Crippen LogP) is -16.8. The SMILES string of the molecule is CC(=O)N[C@@H]1[C@@H](O)[C@H](O[C@@H]2O[C@H](CO)[C@@H](O[C@@H]3O[C@H](CO[C@H]4O[C@H](CO[C@@H]5O[C@H](CO)[C@@H](O)[C@H](O)[C@H]5NC(C)=O)[C@@H](O)[C@H](O)[C@@H]4O[C@@H]4O[C@H](CO)[C@@H](O)[C@H](O)[C@H]4NC(C)=O)[C@@H](O)[C@H](O[C@H]4O[C@H](CO)[C@@H](O)[C@H](O)[C@@H]4O)[C@@H]3O)[C@H](O)[C@H]2NC(C)=O)[C@@H](CO[C@@H]2O[C@@H](C)[C@@H](O)[C@@H](O)[C@@H]2O)O[C@H]1O. The molecule has 8 fully saturated rings. The van der Waals surface area contributed by atoms with Crippen molar-refractivity contribution in [3.05, 3.63) is 0 Å². The lowest BCUT2D eigenvalue weighted by Crippen LogP contribution is -2.70. The van der Waals surface area contributed by atoms with Crippen molar-refractivity contribution in [1.82, 2.24) is 21.3 Å². The Labute approximate surface area is 567 Å². The van der Waals surface area contributed by atoms with Crippen LogP contribution in [0.2, 0.25) is 0 Å². The first-order chi connectivity index (χ1) is 47.2. The molecule has 44 nitrogen and oxygen atoms in total. The zero-order valence-electron chi connectivity index (χ0n) is 54.2. The summed E-state index contributed by atoms with van der Waals surface area (Å²) >= 11 is 0. The second-order valence-electron chi connectivity index (χ2n) is 25.4. The maximum absolute atomic E-state index is 13.0. The van der Waals surface area contributed by atoms with Gasteiger partial charge in [0.05, 0.1) is 52.4 Å². The molecule has 0 aromatic rings. The molecule has 8 heterocycles. The summed E-state index contributed by atoms with van der Waals surface area (Å²) in [4.78, 5) is 50.1. The Hall–Kier alpha value is -3.56. The van der Waals surface area contributed by atoms with Crippen molar-refractivity contribution in [2.45, 2.75) is 280 Å². The molecule has 25 N–H and O–H groups in total. The van der Waals surface area contributed by atoms with E-state index in [1.807, 2.05) is 0 Å². The van der Waals surface area contributed by atoms with E-state index < -0.39 is 315 Å². The number of nitrogens with one attached hydrogen (secondary N) is 4. The highest BCUT2D eigenvalue weighted by Crippen LogP contribution is 2.38. The Morgan fingerprint density at radius 2 is 0.620 bits per heavy atom. The molecule has 100 heavy (non-hydrogen) atoms. The second kappa shape index (κ2) is 35.7. The number of aliphatic hydroxyl groups excluding tert-OH is 21. The van der Waals surface area contributed by atoms with Crippen LogP contribution in [-0.2, 0) is 90.2 Å². The van der Waals surface area contributed by atoms with Crippen LogP contribution >= 0.6 is 0 Å². The summed E-state index contributed by atoms with van der Waals surface area (Å²) < 4.78 is 88.3. The van der Waals surface area contributed by atoms with Gasteiger partial charge < -0.3 is 200 Å². The number of ether oxygens (including phenoxy) is 15. The van der Waals surface area contributed by atoms with E-state index in [1.165, 1.54) is 6.92 Å². The van der Waals surface area contributed by atoms with Crippen LogP contribution in [0.15, 0.2) is 0 Å². The van der Waals surface area contributed by atoms with E-state index in [2.05, 4.69) is 21.3 Å². The third-order valence-electron chi connectivity index (χ3n) is 18.2. The van der Waals surface area contributed by atoms with Gasteiger partial charge >= 0.3 is 0 Å². The van der Waals surface area contributed by atoms with Crippen molar-refractivity contribution in [3.8, 4) is 0 Å². The minimum atomic E-state index is -2.42. The first kappa shape index (κ1) is 82.1. The standard InChI is InChI=1S/C56H94N4O40/c1-13-29(69)39(79)42(82)53(89-13)87-12-24-46(37(77)25(49(85)90-24)57-14(2)65)97-52-28(60-17(5)68)38(78)45(21(9-64)94-52)98-55-44(84)47(99-54-43(83)40(80)32(72)20(8-63)93-54)34(74)23(95-55)11-88-56-48(100-51-27(59-16(4)67)36(76)31(71)19(7-62)92-51)41(81)33(73)22(96-56)10-86-50-26(58-15(3)66)35(75)30(70)18(6-61)91-50/h13,18-56,61-64,69-85H,6-12H2,1-5H3,(H,57,65)(H,58,66)(H,59,67)(H,60,68)/t13-,18+,19+,20+,21+,22+,23+,24+,25+,26+,27+,28+,29+,30+,31+,32+,33+,34+,35+,36+,37+,38+,39+,40-,41-,42-,43-,44-,45+,46+,47-,48-,49+,50+,51-,52-,53+,54+,55-,56-/m0/s1. The summed E-state index contributed by atoms with van der Waals surface area (Å²) in [6.07, 6.45) is -70.7. The number of carbonyl (C=O) groups is 4. The monoisotopic (exact) mass is 1460 g/mol. The van der Waals surface area contributed by atoms with Gasteiger partial charge in [-0.05, 0) is 6.92 Å². The molecule has 40 atom stereocenters. The fourth-order valence-electron chi connectivity index (χ4n) is 12.7. The van der Waals surface area contributed by atoms with E-state index in [9.17, 15) is 126 Å². The van der Waals surface area contributed by atoms with Crippen molar-refractivity contribution in [2.75, 3.05) is 46.2 Å². The maximum atomic E-state index is 13.0. The van der Waals surface area contributed by atoms with Gasteiger partial charge in [-0.2, -0.15) is 0 Å². The fourth-order valence-corrected chi connectivity index (χ4v) is 12.7. The van der Waals surface area contributed by atoms with Gasteiger partial charge in [0.15, 0.2) is 50.3 Å². The highest BCUT2D eigenvalue weighted by molar-refractivity contribution is 5.74. The van der Waals surface area contributed by atoms with Gasteiger partial charge in [-0.3, -0.25) is 19.2 Å². The molecule has 0 aliphatic carbocycles. The van der Waals surface area contributed by atoms with Crippen LogP contribution in [0.1, 0.15) is 34.6 Å². The molecule has 8 rings (SSSR count). The zero-order valence-corrected chi connectivity index (χ0v) is 54.2. The Morgan fingerprint density at radius 3 is 1.16 bits per heavy atom. The van der Waals surface area contributed by atoms with Gasteiger partial charge in [0, 0.05) is 27.7 Å². The molecule has 0 radical (unpaired) electrons. The van der Waals surface area contributed by atoms with Gasteiger partial charge in [0.25, 0.3) is 0 Å². The predicted molar refractivity (Wildman–Crippen MR) is 309 cm³/mol. The molecule has 0 aromatic carbocycles. The molecule has 0 aromatic heterocycles. The van der Waals surface area contributed by atoms with Crippen LogP contribution in [0.5, 0.6) is 0 Å². The number of amides is 4. The lowest BCUT2D eigenvalue weighted by atomic mass is 9.93. The van der Waals surface area contributed by atoms with Crippen molar-refractivity contribution < 1.29 is 197 Å². The number of carbonyl (C=O) groups excluding carboxylic acids is 4. The molecule has 8 aliphatic heterocycles. The zero-order chi connectivity index (χ0) is 73.8. The molecule has 0 spiro atoms. The van der Waals surface area contributed by atoms with Crippen LogP contribution in [0.25, 0.3) is 0 Å². The maximum Gasteiger partial charge on any atom is 0.217 e. The first-order valence-corrected chi connectivity index (χ1v) is 32.0. The average molecular weight is 1460 g/mol. The van der Waals surface area contributed by atoms with E-state index in [-0.39, 0.29) is 0 Å². The molecule has 8 saturated heterocycles.